The maximum absolute atomic E-state index is 13.0. The summed E-state index contributed by atoms with van der Waals surface area (Å²) in [6, 6.07) is 0. The summed E-state index contributed by atoms with van der Waals surface area (Å²) in [6.45, 7) is -0.0228. The highest BCUT2D eigenvalue weighted by atomic mass is 79.9. The van der Waals surface area contributed by atoms with Gasteiger partial charge in [0.15, 0.2) is 11.2 Å². The van der Waals surface area contributed by atoms with Crippen LogP contribution in [0.25, 0.3) is 5.65 Å². The van der Waals surface area contributed by atoms with E-state index in [2.05, 4.69) is 25.9 Å². The Morgan fingerprint density at radius 1 is 1.25 bits per heavy atom. The van der Waals surface area contributed by atoms with Gasteiger partial charge in [0.05, 0.1) is 12.4 Å². The maximum Gasteiger partial charge on any atom is 0.417 e. The van der Waals surface area contributed by atoms with Crippen LogP contribution in [-0.2, 0) is 0 Å². The van der Waals surface area contributed by atoms with Gasteiger partial charge < -0.3 is 10.0 Å². The molecule has 1 atom stereocenters. The molecule has 1 aliphatic heterocycles. The molecule has 0 aromatic carbocycles. The molecule has 0 unspecified atom stereocenters. The first-order valence-electron chi connectivity index (χ1n) is 7.28. The number of halogens is 4. The molecule has 0 aliphatic carbocycles. The molecule has 3 rings (SSSR count). The van der Waals surface area contributed by atoms with Crippen LogP contribution in [0.2, 0.25) is 0 Å². The molecular weight excluding hydrogens is 393 g/mol. The Morgan fingerprint density at radius 3 is 2.71 bits per heavy atom. The molecule has 0 spiro atoms. The molecule has 24 heavy (non-hydrogen) atoms. The first-order chi connectivity index (χ1) is 11.2. The summed E-state index contributed by atoms with van der Waals surface area (Å²) in [4.78, 5) is 22.1. The van der Waals surface area contributed by atoms with Crippen molar-refractivity contribution in [3.63, 3.8) is 0 Å². The van der Waals surface area contributed by atoms with Crippen LogP contribution in [0.4, 0.5) is 13.2 Å². The van der Waals surface area contributed by atoms with E-state index in [0.29, 0.717) is 10.3 Å². The van der Waals surface area contributed by atoms with Crippen LogP contribution in [0.3, 0.4) is 0 Å². The fraction of sp³-hybridized carbons (Fsp3) is 0.500. The Kier molecular flexibility index (Phi) is 4.28. The largest absolute Gasteiger partial charge is 0.417 e. The molecule has 0 radical (unpaired) electrons. The van der Waals surface area contributed by atoms with Crippen molar-refractivity contribution in [1.82, 2.24) is 19.3 Å². The van der Waals surface area contributed by atoms with Crippen LogP contribution in [0.5, 0.6) is 0 Å². The topological polar surface area (TPSA) is 70.7 Å². The Morgan fingerprint density at radius 2 is 2.00 bits per heavy atom. The van der Waals surface area contributed by atoms with Gasteiger partial charge in [-0.1, -0.05) is 0 Å². The molecule has 1 saturated heterocycles. The predicted molar refractivity (Wildman–Crippen MR) is 81.4 cm³/mol. The first kappa shape index (κ1) is 17.2. The smallest absolute Gasteiger partial charge is 0.380 e. The number of carbonyl (C=O) groups excluding carboxylic acids is 1. The van der Waals surface area contributed by atoms with E-state index in [1.165, 1.54) is 21.7 Å². The highest BCUT2D eigenvalue weighted by Crippen LogP contribution is 2.38. The Bertz CT molecular complexity index is 779. The summed E-state index contributed by atoms with van der Waals surface area (Å²) in [5, 5.41) is 9.83. The normalized spacial score (nSPS) is 22.6. The van der Waals surface area contributed by atoms with Crippen molar-refractivity contribution in [2.75, 3.05) is 13.1 Å². The summed E-state index contributed by atoms with van der Waals surface area (Å²) >= 11 is 3.20. The van der Waals surface area contributed by atoms with Gasteiger partial charge in [-0.2, -0.15) is 13.2 Å². The average molecular weight is 407 g/mol. The second-order valence-electron chi connectivity index (χ2n) is 5.76. The lowest BCUT2D eigenvalue weighted by atomic mass is 9.94. The van der Waals surface area contributed by atoms with Crippen molar-refractivity contribution in [1.29, 1.82) is 0 Å². The van der Waals surface area contributed by atoms with E-state index < -0.39 is 30.5 Å². The van der Waals surface area contributed by atoms with Gasteiger partial charge in [-0.3, -0.25) is 9.20 Å². The SMILES string of the molecule is O=C(c1cnc2cnc(Br)cn12)N1CCC[C@](O)(C(F)(F)F)CC1. The molecule has 0 saturated carbocycles. The standard InChI is InChI=1S/C14H14BrF3N4O2/c15-10-8-22-9(6-20-11(22)7-19-10)12(23)21-4-1-2-13(24,3-5-21)14(16,17)18/h6-8,24H,1-5H2/t13-/m1/s1. The van der Waals surface area contributed by atoms with Crippen LogP contribution in [0.1, 0.15) is 29.8 Å². The molecule has 3 heterocycles. The van der Waals surface area contributed by atoms with Crippen molar-refractivity contribution in [2.24, 2.45) is 0 Å². The van der Waals surface area contributed by atoms with Gasteiger partial charge in [0.1, 0.15) is 10.3 Å². The number of imidazole rings is 1. The number of likely N-dealkylation sites (tertiary alicyclic amines) is 1. The summed E-state index contributed by atoms with van der Waals surface area (Å²) in [5.41, 5.74) is -2.04. The summed E-state index contributed by atoms with van der Waals surface area (Å²) in [6.07, 6.45) is -1.17. The molecule has 2 aromatic heterocycles. The van der Waals surface area contributed by atoms with E-state index in [0.717, 1.165) is 0 Å². The molecule has 2 aromatic rings. The van der Waals surface area contributed by atoms with Crippen molar-refractivity contribution >= 4 is 27.5 Å². The van der Waals surface area contributed by atoms with Crippen molar-refractivity contribution in [2.45, 2.75) is 31.0 Å². The summed E-state index contributed by atoms with van der Waals surface area (Å²) < 4.78 is 41.0. The highest BCUT2D eigenvalue weighted by molar-refractivity contribution is 9.10. The van der Waals surface area contributed by atoms with E-state index in [-0.39, 0.29) is 25.2 Å². The summed E-state index contributed by atoms with van der Waals surface area (Å²) in [7, 11) is 0. The summed E-state index contributed by atoms with van der Waals surface area (Å²) in [5.74, 6) is -0.424. The molecule has 1 aliphatic rings. The number of hydrogen-bond acceptors (Lipinski definition) is 4. The molecule has 6 nitrogen and oxygen atoms in total. The number of amides is 1. The lowest BCUT2D eigenvalue weighted by molar-refractivity contribution is -0.263. The second kappa shape index (κ2) is 5.99. The second-order valence-corrected chi connectivity index (χ2v) is 6.57. The van der Waals surface area contributed by atoms with E-state index in [1.54, 1.807) is 6.20 Å². The third-order valence-corrected chi connectivity index (χ3v) is 4.62. The van der Waals surface area contributed by atoms with E-state index in [1.807, 2.05) is 0 Å². The van der Waals surface area contributed by atoms with E-state index in [4.69, 9.17) is 0 Å². The quantitative estimate of drug-likeness (QED) is 0.789. The molecule has 10 heteroatoms. The Balaban J connectivity index is 1.84. The number of aromatic nitrogens is 3. The van der Waals surface area contributed by atoms with Gasteiger partial charge in [-0.15, -0.1) is 0 Å². The Hall–Kier alpha value is -1.68. The van der Waals surface area contributed by atoms with Gasteiger partial charge in [0.2, 0.25) is 0 Å². The number of rotatable bonds is 1. The monoisotopic (exact) mass is 406 g/mol. The predicted octanol–water partition coefficient (Wildman–Crippen LogP) is 2.41. The number of fused-ring (bicyclic) bond motifs is 1. The van der Waals surface area contributed by atoms with Crippen molar-refractivity contribution in [3.05, 3.63) is 28.9 Å². The molecule has 0 bridgehead atoms. The minimum absolute atomic E-state index is 0.0732. The fourth-order valence-corrected chi connectivity index (χ4v) is 3.10. The zero-order chi connectivity index (χ0) is 17.5. The number of nitrogens with zero attached hydrogens (tertiary/aromatic N) is 4. The number of aliphatic hydroxyl groups is 1. The highest BCUT2D eigenvalue weighted by Gasteiger charge is 2.53. The van der Waals surface area contributed by atoms with Crippen molar-refractivity contribution < 1.29 is 23.1 Å². The minimum Gasteiger partial charge on any atom is -0.380 e. The maximum atomic E-state index is 13.0. The average Bonchev–Trinajstić information content (AvgIpc) is 2.80. The lowest BCUT2D eigenvalue weighted by Gasteiger charge is -2.29. The van der Waals surface area contributed by atoms with Crippen molar-refractivity contribution in [3.8, 4) is 0 Å². The van der Waals surface area contributed by atoms with Crippen LogP contribution >= 0.6 is 15.9 Å². The zero-order valence-electron chi connectivity index (χ0n) is 12.4. The van der Waals surface area contributed by atoms with Crippen LogP contribution < -0.4 is 0 Å². The fourth-order valence-electron chi connectivity index (χ4n) is 2.79. The third-order valence-electron chi connectivity index (χ3n) is 4.21. The van der Waals surface area contributed by atoms with Gasteiger partial charge in [-0.05, 0) is 28.8 Å². The van der Waals surface area contributed by atoms with Gasteiger partial charge in [0.25, 0.3) is 5.91 Å². The zero-order valence-corrected chi connectivity index (χ0v) is 14.0. The van der Waals surface area contributed by atoms with Crippen LogP contribution in [0.15, 0.2) is 23.2 Å². The first-order valence-corrected chi connectivity index (χ1v) is 8.07. The van der Waals surface area contributed by atoms with Crippen LogP contribution in [0, 0.1) is 0 Å². The van der Waals surface area contributed by atoms with Crippen LogP contribution in [-0.4, -0.2) is 55.1 Å². The number of hydrogen-bond donors (Lipinski definition) is 1. The molecule has 1 N–H and O–H groups in total. The van der Waals surface area contributed by atoms with Gasteiger partial charge in [0, 0.05) is 25.7 Å². The van der Waals surface area contributed by atoms with E-state index >= 15 is 0 Å². The number of carbonyl (C=O) groups is 1. The lowest BCUT2D eigenvalue weighted by Crippen LogP contribution is -2.46. The molecular formula is C14H14BrF3N4O2. The van der Waals surface area contributed by atoms with Gasteiger partial charge in [-0.25, -0.2) is 9.97 Å². The minimum atomic E-state index is -4.70. The third kappa shape index (κ3) is 3.00. The molecule has 130 valence electrons. The molecule has 1 fully saturated rings. The number of alkyl halides is 3. The molecule has 1 amide bonds. The Labute approximate surface area is 143 Å². The van der Waals surface area contributed by atoms with Gasteiger partial charge >= 0.3 is 6.18 Å². The van der Waals surface area contributed by atoms with E-state index in [9.17, 15) is 23.1 Å².